The van der Waals surface area contributed by atoms with Crippen LogP contribution >= 0.6 is 11.6 Å². The van der Waals surface area contributed by atoms with Gasteiger partial charge in [0.2, 0.25) is 15.9 Å². The Hall–Kier alpha value is -2.50. The van der Waals surface area contributed by atoms with Crippen molar-refractivity contribution >= 4 is 27.5 Å². The van der Waals surface area contributed by atoms with Crippen LogP contribution in [-0.2, 0) is 14.8 Å². The fraction of sp³-hybridized carbons (Fsp3) is 0.409. The molecule has 0 saturated carbocycles. The molecule has 0 spiro atoms. The molecule has 0 radical (unpaired) electrons. The maximum atomic E-state index is 12.8. The molecule has 0 unspecified atom stereocenters. The summed E-state index contributed by atoms with van der Waals surface area (Å²) in [5.74, 6) is 0.146. The molecule has 0 N–H and O–H groups in total. The lowest BCUT2D eigenvalue weighted by Crippen LogP contribution is -2.50. The van der Waals surface area contributed by atoms with Crippen molar-refractivity contribution in [2.24, 2.45) is 0 Å². The number of carbonyl (C=O) groups excluding carboxylic acids is 1. The average Bonchev–Trinajstić information content (AvgIpc) is 2.79. The van der Waals surface area contributed by atoms with Gasteiger partial charge in [0, 0.05) is 37.6 Å². The second kappa shape index (κ2) is 11.3. The van der Waals surface area contributed by atoms with Gasteiger partial charge in [0.25, 0.3) is 0 Å². The van der Waals surface area contributed by atoms with Crippen LogP contribution in [0.4, 0.5) is 13.2 Å². The first kappa shape index (κ1) is 26.1. The number of benzene rings is 2. The smallest absolute Gasteiger partial charge is 0.494 e. The Morgan fingerprint density at radius 1 is 0.912 bits per heavy atom. The molecule has 1 aliphatic heterocycles. The molecule has 12 heteroatoms. The van der Waals surface area contributed by atoms with Crippen molar-refractivity contribution in [2.45, 2.75) is 30.5 Å². The van der Waals surface area contributed by atoms with Crippen LogP contribution in [0.2, 0.25) is 5.02 Å². The zero-order valence-corrected chi connectivity index (χ0v) is 19.7. The molecule has 0 aromatic heterocycles. The van der Waals surface area contributed by atoms with Gasteiger partial charge in [-0.05, 0) is 61.4 Å². The molecular formula is C22H24ClF3N2O5S. The molecule has 7 nitrogen and oxygen atoms in total. The lowest BCUT2D eigenvalue weighted by Gasteiger charge is -2.34. The summed E-state index contributed by atoms with van der Waals surface area (Å²) in [4.78, 5) is 13.9. The molecule has 0 bridgehead atoms. The zero-order valence-electron chi connectivity index (χ0n) is 18.1. The highest BCUT2D eigenvalue weighted by Gasteiger charge is 2.32. The summed E-state index contributed by atoms with van der Waals surface area (Å²) in [6, 6.07) is 11.1. The second-order valence-corrected chi connectivity index (χ2v) is 9.94. The summed E-state index contributed by atoms with van der Waals surface area (Å²) >= 11 is 5.82. The lowest BCUT2D eigenvalue weighted by molar-refractivity contribution is -0.274. The molecule has 1 heterocycles. The molecule has 186 valence electrons. The first-order valence-corrected chi connectivity index (χ1v) is 12.4. The molecule has 1 fully saturated rings. The number of carbonyl (C=O) groups is 1. The van der Waals surface area contributed by atoms with E-state index in [1.54, 1.807) is 29.2 Å². The van der Waals surface area contributed by atoms with E-state index in [-0.39, 0.29) is 37.0 Å². The number of ether oxygens (including phenoxy) is 2. The molecule has 2 aromatic carbocycles. The van der Waals surface area contributed by atoms with Gasteiger partial charge >= 0.3 is 6.36 Å². The summed E-state index contributed by atoms with van der Waals surface area (Å²) in [5, 5.41) is 0.624. The summed E-state index contributed by atoms with van der Waals surface area (Å²) < 4.78 is 73.0. The molecule has 0 aliphatic carbocycles. The van der Waals surface area contributed by atoms with Crippen molar-refractivity contribution in [3.05, 3.63) is 53.6 Å². The van der Waals surface area contributed by atoms with Gasteiger partial charge in [0.05, 0.1) is 11.5 Å². The first-order chi connectivity index (χ1) is 16.0. The third-order valence-electron chi connectivity index (χ3n) is 5.15. The van der Waals surface area contributed by atoms with Crippen molar-refractivity contribution in [3.8, 4) is 11.5 Å². The van der Waals surface area contributed by atoms with E-state index in [4.69, 9.17) is 16.3 Å². The van der Waals surface area contributed by atoms with E-state index in [9.17, 15) is 26.4 Å². The van der Waals surface area contributed by atoms with Crippen molar-refractivity contribution < 1.29 is 35.9 Å². The van der Waals surface area contributed by atoms with Gasteiger partial charge < -0.3 is 14.4 Å². The Kier molecular flexibility index (Phi) is 8.67. The molecule has 1 saturated heterocycles. The van der Waals surface area contributed by atoms with Gasteiger partial charge in [0.1, 0.15) is 11.5 Å². The van der Waals surface area contributed by atoms with E-state index >= 15 is 0 Å². The number of unbranched alkanes of at least 4 members (excludes halogenated alkanes) is 1. The predicted molar refractivity (Wildman–Crippen MR) is 119 cm³/mol. The zero-order chi connectivity index (χ0) is 24.8. The van der Waals surface area contributed by atoms with Crippen LogP contribution in [0.25, 0.3) is 0 Å². The number of amides is 1. The molecule has 1 aliphatic rings. The van der Waals surface area contributed by atoms with E-state index in [2.05, 4.69) is 4.74 Å². The first-order valence-electron chi connectivity index (χ1n) is 10.6. The maximum Gasteiger partial charge on any atom is 0.573 e. The highest BCUT2D eigenvalue weighted by atomic mass is 35.5. The standard InChI is InChI=1S/C22H24ClF3N2O5S/c23-17-4-6-18(7-5-17)32-16-2-1-3-21(29)27-12-14-28(15-13-27)34(30,31)20-10-8-19(9-11-20)33-22(24,25)26/h4-11H,1-3,12-16H2. The fourth-order valence-electron chi connectivity index (χ4n) is 3.40. The number of hydrogen-bond acceptors (Lipinski definition) is 5. The molecule has 3 rings (SSSR count). The van der Waals surface area contributed by atoms with Gasteiger partial charge in [0.15, 0.2) is 0 Å². The molecule has 2 aromatic rings. The summed E-state index contributed by atoms with van der Waals surface area (Å²) in [5.41, 5.74) is 0. The van der Waals surface area contributed by atoms with Crippen LogP contribution in [-0.4, -0.2) is 62.7 Å². The molecule has 34 heavy (non-hydrogen) atoms. The number of halogens is 4. The number of sulfonamides is 1. The topological polar surface area (TPSA) is 76.2 Å². The number of hydrogen-bond donors (Lipinski definition) is 0. The molecular weight excluding hydrogens is 497 g/mol. The summed E-state index contributed by atoms with van der Waals surface area (Å²) in [6.07, 6.45) is -3.20. The quantitative estimate of drug-likeness (QED) is 0.460. The van der Waals surface area contributed by atoms with Crippen LogP contribution < -0.4 is 9.47 Å². The van der Waals surface area contributed by atoms with Crippen LogP contribution in [0, 0.1) is 0 Å². The number of rotatable bonds is 9. The highest BCUT2D eigenvalue weighted by molar-refractivity contribution is 7.89. The molecule has 0 atom stereocenters. The summed E-state index contributed by atoms with van der Waals surface area (Å²) in [7, 11) is -3.89. The van der Waals surface area contributed by atoms with Crippen molar-refractivity contribution in [1.29, 1.82) is 0 Å². The SMILES string of the molecule is O=C(CCCCOc1ccc(Cl)cc1)N1CCN(S(=O)(=O)c2ccc(OC(F)(F)F)cc2)CC1. The van der Waals surface area contributed by atoms with E-state index in [1.807, 2.05) is 0 Å². The van der Waals surface area contributed by atoms with E-state index in [0.29, 0.717) is 36.6 Å². The van der Waals surface area contributed by atoms with Crippen LogP contribution in [0.15, 0.2) is 53.4 Å². The lowest BCUT2D eigenvalue weighted by atomic mass is 10.2. The number of piperazine rings is 1. The Bertz CT molecular complexity index is 1060. The minimum atomic E-state index is -4.85. The van der Waals surface area contributed by atoms with Crippen molar-refractivity contribution in [3.63, 3.8) is 0 Å². The van der Waals surface area contributed by atoms with Crippen molar-refractivity contribution in [1.82, 2.24) is 9.21 Å². The van der Waals surface area contributed by atoms with E-state index in [0.717, 1.165) is 24.3 Å². The van der Waals surface area contributed by atoms with Gasteiger partial charge in [-0.25, -0.2) is 8.42 Å². The Morgan fingerprint density at radius 3 is 2.09 bits per heavy atom. The largest absolute Gasteiger partial charge is 0.573 e. The monoisotopic (exact) mass is 520 g/mol. The minimum absolute atomic E-state index is 0.0582. The number of alkyl halides is 3. The third-order valence-corrected chi connectivity index (χ3v) is 7.32. The second-order valence-electron chi connectivity index (χ2n) is 7.56. The van der Waals surface area contributed by atoms with Crippen LogP contribution in [0.3, 0.4) is 0 Å². The van der Waals surface area contributed by atoms with Crippen LogP contribution in [0.5, 0.6) is 11.5 Å². The average molecular weight is 521 g/mol. The Balaban J connectivity index is 1.41. The van der Waals surface area contributed by atoms with Gasteiger partial charge in [-0.15, -0.1) is 13.2 Å². The maximum absolute atomic E-state index is 12.8. The van der Waals surface area contributed by atoms with Gasteiger partial charge in [-0.1, -0.05) is 11.6 Å². The van der Waals surface area contributed by atoms with E-state index in [1.165, 1.54) is 4.31 Å². The predicted octanol–water partition coefficient (Wildman–Crippen LogP) is 4.32. The summed E-state index contributed by atoms with van der Waals surface area (Å²) in [6.45, 7) is 1.17. The van der Waals surface area contributed by atoms with Crippen molar-refractivity contribution in [2.75, 3.05) is 32.8 Å². The number of nitrogens with zero attached hydrogens (tertiary/aromatic N) is 2. The minimum Gasteiger partial charge on any atom is -0.494 e. The fourth-order valence-corrected chi connectivity index (χ4v) is 4.95. The Labute approximate surface area is 201 Å². The highest BCUT2D eigenvalue weighted by Crippen LogP contribution is 2.25. The van der Waals surface area contributed by atoms with Gasteiger partial charge in [-0.3, -0.25) is 4.79 Å². The Morgan fingerprint density at radius 2 is 1.50 bits per heavy atom. The van der Waals surface area contributed by atoms with Crippen LogP contribution in [0.1, 0.15) is 19.3 Å². The molecule has 1 amide bonds. The van der Waals surface area contributed by atoms with E-state index < -0.39 is 22.1 Å². The van der Waals surface area contributed by atoms with Gasteiger partial charge in [-0.2, -0.15) is 4.31 Å². The normalized spacial score (nSPS) is 15.2. The third kappa shape index (κ3) is 7.51.